The molecule has 0 radical (unpaired) electrons. The minimum Gasteiger partial charge on any atom is -0.288 e. The Balaban J connectivity index is 2.74. The monoisotopic (exact) mass is 355 g/mol. The average Bonchev–Trinajstić information content (AvgIpc) is 2.62. The highest BCUT2D eigenvalue weighted by Crippen LogP contribution is 2.19. The van der Waals surface area contributed by atoms with Crippen molar-refractivity contribution < 1.29 is 4.39 Å². The molecule has 0 amide bonds. The van der Waals surface area contributed by atoms with E-state index in [1.807, 2.05) is 50.2 Å². The van der Waals surface area contributed by atoms with Crippen molar-refractivity contribution >= 4 is 27.0 Å². The molecule has 1 atom stereocenters. The van der Waals surface area contributed by atoms with E-state index in [-0.39, 0.29) is 0 Å². The topological polar surface area (TPSA) is 12.4 Å². The van der Waals surface area contributed by atoms with Gasteiger partial charge in [0.05, 0.1) is 6.54 Å². The molecule has 1 unspecified atom stereocenters. The highest BCUT2D eigenvalue weighted by atomic mass is 31.0. The third-order valence-corrected chi connectivity index (χ3v) is 4.33. The zero-order valence-corrected chi connectivity index (χ0v) is 16.3. The Morgan fingerprint density at radius 2 is 2.12 bits per heavy atom. The predicted octanol–water partition coefficient (Wildman–Crippen LogP) is 6.39. The molecule has 1 aromatic carbocycles. The molecular formula is C22H27FNP. The summed E-state index contributed by atoms with van der Waals surface area (Å²) >= 11 is 0. The molecule has 1 nitrogen and oxygen atoms in total. The summed E-state index contributed by atoms with van der Waals surface area (Å²) in [7, 11) is 3.39. The Hall–Kier alpha value is -2.05. The molecule has 0 aromatic heterocycles. The molecule has 0 fully saturated rings. The number of hydrogen-bond donors (Lipinski definition) is 0. The normalized spacial score (nSPS) is 13.8. The molecule has 0 spiro atoms. The first-order valence-electron chi connectivity index (χ1n) is 8.33. The fourth-order valence-corrected chi connectivity index (χ4v) is 2.52. The molecule has 0 saturated heterocycles. The fourth-order valence-electron chi connectivity index (χ4n) is 2.34. The molecule has 3 heteroatoms. The number of alkyl halides is 1. The first-order chi connectivity index (χ1) is 11.9. The van der Waals surface area contributed by atoms with Crippen LogP contribution in [-0.4, -0.2) is 18.2 Å². The van der Waals surface area contributed by atoms with Gasteiger partial charge >= 0.3 is 0 Å². The lowest BCUT2D eigenvalue weighted by Crippen LogP contribution is -2.00. The van der Waals surface area contributed by atoms with Crippen LogP contribution in [0.5, 0.6) is 0 Å². The molecular weight excluding hydrogens is 328 g/mol. The maximum Gasteiger partial charge on any atom is 0.122 e. The van der Waals surface area contributed by atoms with Gasteiger partial charge in [0.2, 0.25) is 0 Å². The molecule has 0 bridgehead atoms. The van der Waals surface area contributed by atoms with Gasteiger partial charge in [0.25, 0.3) is 0 Å². The minimum atomic E-state index is -1.02. The maximum absolute atomic E-state index is 13.4. The highest BCUT2D eigenvalue weighted by Gasteiger charge is 2.07. The number of allylic oxidation sites excluding steroid dienone is 5. The van der Waals surface area contributed by atoms with Crippen molar-refractivity contribution in [3.8, 4) is 0 Å². The second-order valence-electron chi connectivity index (χ2n) is 5.88. The lowest BCUT2D eigenvalue weighted by Gasteiger charge is -2.09. The van der Waals surface area contributed by atoms with Crippen LogP contribution in [0.2, 0.25) is 0 Å². The van der Waals surface area contributed by atoms with Crippen LogP contribution < -0.4 is 0 Å². The summed E-state index contributed by atoms with van der Waals surface area (Å²) in [6.45, 7) is 13.7. The largest absolute Gasteiger partial charge is 0.288 e. The van der Waals surface area contributed by atoms with Gasteiger partial charge < -0.3 is 0 Å². The van der Waals surface area contributed by atoms with Gasteiger partial charge in [-0.05, 0) is 72.5 Å². The van der Waals surface area contributed by atoms with Crippen LogP contribution in [0.1, 0.15) is 43.9 Å². The lowest BCUT2D eigenvalue weighted by atomic mass is 10.00. The standard InChI is InChI=1S/C22H27FNP/c1-6-20(17(4)18(5)23)10-8-16(3)13-24-14-22-11-9-19(15-25)12-21(22)7-2/h6-9,11-13,15,18,25H,2,4,10,14H2,1,3,5H3/b16-8-,20-6-,24-13?. The summed E-state index contributed by atoms with van der Waals surface area (Å²) in [5, 5.41) is 0. The zero-order valence-electron chi connectivity index (χ0n) is 15.3. The summed E-state index contributed by atoms with van der Waals surface area (Å²) in [6.07, 6.45) is 7.29. The molecule has 0 heterocycles. The van der Waals surface area contributed by atoms with E-state index in [0.717, 1.165) is 27.8 Å². The SMILES string of the molecule is C=Cc1cc(C=P)ccc1CN=C/C(C)=C\C/C(=C/C)C(=C)C(C)F. The molecule has 0 aliphatic heterocycles. The molecule has 25 heavy (non-hydrogen) atoms. The van der Waals surface area contributed by atoms with Gasteiger partial charge in [-0.1, -0.05) is 43.5 Å². The molecule has 1 aromatic rings. The summed E-state index contributed by atoms with van der Waals surface area (Å²) in [5.74, 6) is 1.87. The van der Waals surface area contributed by atoms with Crippen molar-refractivity contribution in [2.24, 2.45) is 4.99 Å². The van der Waals surface area contributed by atoms with Crippen LogP contribution in [0.15, 0.2) is 65.2 Å². The quantitative estimate of drug-likeness (QED) is 0.276. The van der Waals surface area contributed by atoms with E-state index < -0.39 is 6.17 Å². The lowest BCUT2D eigenvalue weighted by molar-refractivity contribution is 0.414. The first kappa shape index (κ1) is 21.0. The molecule has 0 aliphatic rings. The van der Waals surface area contributed by atoms with Crippen molar-refractivity contribution in [1.82, 2.24) is 0 Å². The van der Waals surface area contributed by atoms with Gasteiger partial charge in [-0.25, -0.2) is 4.39 Å². The third-order valence-electron chi connectivity index (χ3n) is 4.00. The van der Waals surface area contributed by atoms with E-state index in [0.29, 0.717) is 18.5 Å². The summed E-state index contributed by atoms with van der Waals surface area (Å²) in [6, 6.07) is 6.16. The van der Waals surface area contributed by atoms with Gasteiger partial charge in [-0.3, -0.25) is 4.99 Å². The minimum absolute atomic E-state index is 0.544. The number of rotatable bonds is 9. The summed E-state index contributed by atoms with van der Waals surface area (Å²) < 4.78 is 13.4. The smallest absolute Gasteiger partial charge is 0.122 e. The van der Waals surface area contributed by atoms with Crippen molar-refractivity contribution in [1.29, 1.82) is 0 Å². The van der Waals surface area contributed by atoms with E-state index in [1.165, 1.54) is 6.92 Å². The summed E-state index contributed by atoms with van der Waals surface area (Å²) in [5.41, 5.74) is 5.82. The fraction of sp³-hybridized carbons (Fsp3) is 0.273. The number of aliphatic imine (C=N–C) groups is 1. The van der Waals surface area contributed by atoms with E-state index in [9.17, 15) is 4.39 Å². The molecule has 0 N–H and O–H groups in total. The van der Waals surface area contributed by atoms with E-state index in [4.69, 9.17) is 0 Å². The molecule has 0 saturated carbocycles. The van der Waals surface area contributed by atoms with Gasteiger partial charge in [0.15, 0.2) is 0 Å². The second-order valence-corrected chi connectivity index (χ2v) is 6.17. The Morgan fingerprint density at radius 1 is 1.40 bits per heavy atom. The van der Waals surface area contributed by atoms with Crippen molar-refractivity contribution in [3.63, 3.8) is 0 Å². The molecule has 132 valence electrons. The third kappa shape index (κ3) is 6.76. The van der Waals surface area contributed by atoms with Crippen LogP contribution in [0, 0.1) is 0 Å². The number of benzene rings is 1. The van der Waals surface area contributed by atoms with Gasteiger partial charge in [0, 0.05) is 6.21 Å². The first-order valence-corrected chi connectivity index (χ1v) is 8.91. The molecule has 0 aliphatic carbocycles. The van der Waals surface area contributed by atoms with Crippen LogP contribution in [-0.2, 0) is 6.54 Å². The van der Waals surface area contributed by atoms with Crippen LogP contribution in [0.25, 0.3) is 6.08 Å². The van der Waals surface area contributed by atoms with Gasteiger partial charge in [0.1, 0.15) is 6.17 Å². The van der Waals surface area contributed by atoms with Crippen LogP contribution in [0.4, 0.5) is 4.39 Å². The van der Waals surface area contributed by atoms with Crippen molar-refractivity contribution in [3.05, 3.63) is 76.9 Å². The van der Waals surface area contributed by atoms with Gasteiger partial charge in [-0.15, -0.1) is 8.86 Å². The van der Waals surface area contributed by atoms with E-state index in [2.05, 4.69) is 39.1 Å². The van der Waals surface area contributed by atoms with E-state index in [1.54, 1.807) is 0 Å². The number of halogens is 1. The highest BCUT2D eigenvalue weighted by molar-refractivity contribution is 7.19. The van der Waals surface area contributed by atoms with Crippen LogP contribution >= 0.6 is 8.86 Å². The Morgan fingerprint density at radius 3 is 2.68 bits per heavy atom. The average molecular weight is 355 g/mol. The Kier molecular flexibility index (Phi) is 9.02. The zero-order chi connectivity index (χ0) is 18.8. The van der Waals surface area contributed by atoms with Crippen LogP contribution in [0.3, 0.4) is 0 Å². The molecule has 1 rings (SSSR count). The second kappa shape index (κ2) is 10.7. The number of hydrogen-bond acceptors (Lipinski definition) is 1. The maximum atomic E-state index is 13.4. The summed E-state index contributed by atoms with van der Waals surface area (Å²) in [4.78, 5) is 4.51. The van der Waals surface area contributed by atoms with Gasteiger partial charge in [-0.2, -0.15) is 0 Å². The Labute approximate surface area is 153 Å². The predicted molar refractivity (Wildman–Crippen MR) is 114 cm³/mol. The number of nitrogens with zero attached hydrogens (tertiary/aromatic N) is 1. The Bertz CT molecular complexity index is 724. The van der Waals surface area contributed by atoms with E-state index >= 15 is 0 Å². The van der Waals surface area contributed by atoms with Crippen molar-refractivity contribution in [2.45, 2.75) is 39.9 Å². The van der Waals surface area contributed by atoms with Crippen molar-refractivity contribution in [2.75, 3.05) is 0 Å².